The molecule has 0 saturated heterocycles. The van der Waals surface area contributed by atoms with Gasteiger partial charge in [-0.25, -0.2) is 30.7 Å². The number of methoxy groups -OCH3 is 1. The molecule has 0 aliphatic carbocycles. The second-order valence-electron chi connectivity index (χ2n) is 4.64. The predicted molar refractivity (Wildman–Crippen MR) is 196 cm³/mol. The van der Waals surface area contributed by atoms with Crippen molar-refractivity contribution < 1.29 is 111 Å². The highest BCUT2D eigenvalue weighted by Crippen LogP contribution is 2.46. The van der Waals surface area contributed by atoms with E-state index in [2.05, 4.69) is 18.9 Å². The number of halogens is 21. The highest BCUT2D eigenvalue weighted by molar-refractivity contribution is 5.75. The third-order valence-corrected chi connectivity index (χ3v) is 2.06. The van der Waals surface area contributed by atoms with Crippen LogP contribution >= 0.6 is 0 Å². The van der Waals surface area contributed by atoms with Crippen molar-refractivity contribution in [1.29, 1.82) is 0 Å². The first-order chi connectivity index (χ1) is 21.8. The molecule has 0 N–H and O–H groups in total. The van der Waals surface area contributed by atoms with Crippen LogP contribution in [-0.4, -0.2) is 129 Å². The Hall–Kier alpha value is -1.57. The minimum atomic E-state index is -6.15. The molecule has 0 rings (SSSR count). The van der Waals surface area contributed by atoms with Gasteiger partial charge in [0.15, 0.2) is 20.4 Å². The van der Waals surface area contributed by atoms with E-state index in [-0.39, 0.29) is 87.8 Å². The van der Waals surface area contributed by atoms with Crippen LogP contribution in [0.3, 0.4) is 0 Å². The molecule has 0 aromatic rings. The van der Waals surface area contributed by atoms with Gasteiger partial charge in [-0.15, -0.1) is 0 Å². The van der Waals surface area contributed by atoms with Gasteiger partial charge in [0.1, 0.15) is 0 Å². The van der Waals surface area contributed by atoms with Crippen molar-refractivity contribution >= 4 is 8.41 Å². The Kier molecular flexibility index (Phi) is 274. The van der Waals surface area contributed by atoms with Crippen molar-refractivity contribution in [3.8, 4) is 0 Å². The van der Waals surface area contributed by atoms with Crippen molar-refractivity contribution in [3.05, 3.63) is 0 Å². The van der Waals surface area contributed by atoms with Crippen molar-refractivity contribution in [3.63, 3.8) is 0 Å². The van der Waals surface area contributed by atoms with Gasteiger partial charge in [-0.05, 0) is 27.7 Å². The van der Waals surface area contributed by atoms with E-state index in [4.69, 9.17) is 0 Å². The van der Waals surface area contributed by atoms with Gasteiger partial charge < -0.3 is 18.9 Å². The number of rotatable bonds is 8. The SMILES string of the molecule is C.C.C.C.C.C.C.C.CCF.CCF.CCOC.CCOC(F)(F)CF.CF.CF.CF.CF.FCF.FCF.FCOC(OCF)(C(F)(F)F)C(F)(F)F.[BH]. The molecule has 0 spiro atoms. The van der Waals surface area contributed by atoms with E-state index in [1.807, 2.05) is 6.92 Å². The number of ether oxygens (including phenoxy) is 4. The fourth-order valence-electron chi connectivity index (χ4n) is 0.933. The van der Waals surface area contributed by atoms with Crippen LogP contribution in [0.4, 0.5) is 92.2 Å². The fourth-order valence-corrected chi connectivity index (χ4v) is 0.933. The Morgan fingerprint density at radius 3 is 0.607 bits per heavy atom. The molecule has 0 unspecified atom stereocenters. The summed E-state index contributed by atoms with van der Waals surface area (Å²) < 4.78 is 240. The monoisotopic (exact) mass is 913 g/mol. The van der Waals surface area contributed by atoms with Gasteiger partial charge in [-0.1, -0.05) is 59.4 Å². The van der Waals surface area contributed by atoms with Crippen LogP contribution in [0.25, 0.3) is 0 Å². The van der Waals surface area contributed by atoms with E-state index in [1.165, 1.54) is 20.8 Å². The van der Waals surface area contributed by atoms with E-state index in [1.54, 1.807) is 7.11 Å². The van der Waals surface area contributed by atoms with Crippen LogP contribution in [0.5, 0.6) is 0 Å². The Balaban J connectivity index is -0.0000000154. The van der Waals surface area contributed by atoms with Crippen LogP contribution < -0.4 is 0 Å². The first kappa shape index (κ1) is 131. The molecule has 0 aliphatic heterocycles. The summed E-state index contributed by atoms with van der Waals surface area (Å²) in [6.45, 7) is -3.71. The zero-order valence-corrected chi connectivity index (χ0v) is 27.6. The Morgan fingerprint density at radius 2 is 0.554 bits per heavy atom. The van der Waals surface area contributed by atoms with Crippen molar-refractivity contribution in [2.75, 3.05) is 96.6 Å². The minimum absolute atomic E-state index is 0. The molecular formula is C30H78BF21O4. The van der Waals surface area contributed by atoms with Gasteiger partial charge in [0.25, 0.3) is 0 Å². The summed E-state index contributed by atoms with van der Waals surface area (Å²) in [6, 6.07) is 0. The first-order valence-electron chi connectivity index (χ1n) is 11.3. The lowest BCUT2D eigenvalue weighted by Crippen LogP contribution is -2.60. The Morgan fingerprint density at radius 1 is 0.393 bits per heavy atom. The first-order valence-corrected chi connectivity index (χ1v) is 11.3. The molecule has 26 heteroatoms. The molecule has 0 aliphatic rings. The van der Waals surface area contributed by atoms with Crippen LogP contribution in [0.1, 0.15) is 87.1 Å². The molecule has 0 aromatic carbocycles. The molecule has 0 heterocycles. The molecule has 0 bridgehead atoms. The molecule has 0 saturated carbocycles. The average Bonchev–Trinajstić information content (AvgIpc) is 3.02. The summed E-state index contributed by atoms with van der Waals surface area (Å²) in [5.41, 5.74) is 0. The van der Waals surface area contributed by atoms with Gasteiger partial charge in [0.05, 0.1) is 48.7 Å². The standard InChI is InChI=1S/C5H4F8O2.C4H7F3O.C3H8O.2C2H5F.2CH2F2.4CH3F.8CH4.BH/c6-1-14-3(15-2-7,4(8,9)10)5(11,12)13;1-2-8-4(6,7)3-5;1-3-4-2;2*1-2-3;2*2-1-3;4*1-2;;;;;;;;;/h1-2H2;2-3H2,1H3;3H2,1-2H3;2*2H2,1H3;2*1H2;4*1H3;8*1H4;1H. The number of alkyl halides is 21. The maximum absolute atomic E-state index is 11.9. The van der Waals surface area contributed by atoms with Crippen LogP contribution in [0.15, 0.2) is 0 Å². The summed E-state index contributed by atoms with van der Waals surface area (Å²) in [7, 11) is 3.68. The van der Waals surface area contributed by atoms with Crippen LogP contribution in [0.2, 0.25) is 0 Å². The molecule has 4 nitrogen and oxygen atoms in total. The lowest BCUT2D eigenvalue weighted by Gasteiger charge is -2.34. The summed E-state index contributed by atoms with van der Waals surface area (Å²) >= 11 is 0. The molecule has 0 amide bonds. The van der Waals surface area contributed by atoms with E-state index < -0.39 is 58.5 Å². The average molecular weight is 913 g/mol. The smallest absolute Gasteiger partial charge is 0.385 e. The van der Waals surface area contributed by atoms with E-state index >= 15 is 0 Å². The summed E-state index contributed by atoms with van der Waals surface area (Å²) in [5.74, 6) is -5.27. The molecule has 56 heavy (non-hydrogen) atoms. The summed E-state index contributed by atoms with van der Waals surface area (Å²) in [5, 5.41) is 0. The molecule has 372 valence electrons. The number of hydrogen-bond donors (Lipinski definition) is 0. The van der Waals surface area contributed by atoms with Gasteiger partial charge in [-0.3, -0.25) is 26.3 Å². The zero-order chi connectivity index (χ0) is 41.2. The topological polar surface area (TPSA) is 36.9 Å². The van der Waals surface area contributed by atoms with Gasteiger partial charge in [0.2, 0.25) is 13.9 Å². The fraction of sp³-hybridized carbons (Fsp3) is 1.00. The third kappa shape index (κ3) is 132. The zero-order valence-electron chi connectivity index (χ0n) is 27.6. The second kappa shape index (κ2) is 117. The quantitative estimate of drug-likeness (QED) is 0.138. The highest BCUT2D eigenvalue weighted by atomic mass is 19.4. The Labute approximate surface area is 328 Å². The van der Waals surface area contributed by atoms with Crippen LogP contribution in [0, 0.1) is 0 Å². The van der Waals surface area contributed by atoms with Gasteiger partial charge in [-0.2, -0.15) is 35.1 Å². The van der Waals surface area contributed by atoms with Crippen molar-refractivity contribution in [2.24, 2.45) is 0 Å². The normalized spacial score (nSPS) is 7.82. The van der Waals surface area contributed by atoms with Crippen LogP contribution in [-0.2, 0) is 18.9 Å². The van der Waals surface area contributed by atoms with Crippen molar-refractivity contribution in [1.82, 2.24) is 0 Å². The van der Waals surface area contributed by atoms with E-state index in [0.717, 1.165) is 6.61 Å². The highest BCUT2D eigenvalue weighted by Gasteiger charge is 2.75. The largest absolute Gasteiger partial charge is 0.453 e. The maximum atomic E-state index is 11.9. The minimum Gasteiger partial charge on any atom is -0.385 e. The third-order valence-electron chi connectivity index (χ3n) is 2.06. The molecular weight excluding hydrogens is 834 g/mol. The second-order valence-corrected chi connectivity index (χ2v) is 4.64. The lowest BCUT2D eigenvalue weighted by molar-refractivity contribution is -0.478. The molecule has 0 aromatic heterocycles. The maximum Gasteiger partial charge on any atom is 0.453 e. The number of hydrogen-bond acceptors (Lipinski definition) is 4. The molecule has 0 fully saturated rings. The van der Waals surface area contributed by atoms with Gasteiger partial charge >= 0.3 is 24.2 Å². The van der Waals surface area contributed by atoms with Crippen molar-refractivity contribution in [2.45, 2.75) is 111 Å². The Bertz CT molecular complexity index is 406. The molecule has 2 radical (unpaired) electrons. The van der Waals surface area contributed by atoms with E-state index in [9.17, 15) is 92.2 Å². The molecule has 0 atom stereocenters. The lowest BCUT2D eigenvalue weighted by atomic mass is 10.2. The summed E-state index contributed by atoms with van der Waals surface area (Å²) in [4.78, 5) is 0. The summed E-state index contributed by atoms with van der Waals surface area (Å²) in [6.07, 6.45) is -15.9. The van der Waals surface area contributed by atoms with E-state index in [0.29, 0.717) is 28.7 Å². The van der Waals surface area contributed by atoms with Gasteiger partial charge in [0, 0.05) is 22.1 Å². The predicted octanol–water partition coefficient (Wildman–Crippen LogP) is 15.4.